The topological polar surface area (TPSA) is 81.9 Å². The van der Waals surface area contributed by atoms with Gasteiger partial charge in [-0.05, 0) is 29.8 Å². The number of halogens is 1. The van der Waals surface area contributed by atoms with Gasteiger partial charge in [0.1, 0.15) is 11.5 Å². The zero-order valence-electron chi connectivity index (χ0n) is 14.7. The van der Waals surface area contributed by atoms with E-state index in [1.54, 1.807) is 32.4 Å². The minimum Gasteiger partial charge on any atom is -0.497 e. The van der Waals surface area contributed by atoms with Crippen molar-refractivity contribution in [3.63, 3.8) is 0 Å². The second-order valence-electron chi connectivity index (χ2n) is 5.64. The van der Waals surface area contributed by atoms with E-state index in [1.165, 1.54) is 30.2 Å². The second-order valence-corrected chi connectivity index (χ2v) is 6.04. The van der Waals surface area contributed by atoms with Gasteiger partial charge in [0, 0.05) is 36.3 Å². The summed E-state index contributed by atoms with van der Waals surface area (Å²) in [5.74, 6) is 1.03. The molecule has 0 saturated carbocycles. The number of nitrogens with zero attached hydrogens (tertiary/aromatic N) is 2. The summed E-state index contributed by atoms with van der Waals surface area (Å²) in [6, 6.07) is 9.38. The molecule has 26 heavy (non-hydrogen) atoms. The van der Waals surface area contributed by atoms with Crippen molar-refractivity contribution in [3.8, 4) is 11.5 Å². The Hall–Kier alpha value is -2.80. The fraction of sp³-hybridized carbons (Fsp3) is 0.278. The number of ether oxygens (including phenoxy) is 2. The Kier molecular flexibility index (Phi) is 6.41. The van der Waals surface area contributed by atoms with Crippen LogP contribution >= 0.6 is 11.6 Å². The molecule has 0 spiro atoms. The van der Waals surface area contributed by atoms with Crippen LogP contribution in [0.1, 0.15) is 11.1 Å². The molecule has 0 aromatic heterocycles. The van der Waals surface area contributed by atoms with E-state index < -0.39 is 4.92 Å². The predicted molar refractivity (Wildman–Crippen MR) is 97.8 cm³/mol. The molecule has 1 amide bonds. The van der Waals surface area contributed by atoms with Gasteiger partial charge in [-0.15, -0.1) is 0 Å². The highest BCUT2D eigenvalue weighted by atomic mass is 35.5. The first-order chi connectivity index (χ1) is 12.3. The van der Waals surface area contributed by atoms with Crippen LogP contribution in [0.3, 0.4) is 0 Å². The fourth-order valence-corrected chi connectivity index (χ4v) is 2.63. The van der Waals surface area contributed by atoms with E-state index in [-0.39, 0.29) is 24.6 Å². The maximum absolute atomic E-state index is 12.6. The van der Waals surface area contributed by atoms with Crippen LogP contribution in [-0.4, -0.2) is 37.0 Å². The van der Waals surface area contributed by atoms with Gasteiger partial charge < -0.3 is 14.4 Å². The summed E-state index contributed by atoms with van der Waals surface area (Å²) in [7, 11) is 4.69. The lowest BCUT2D eigenvalue weighted by atomic mass is 10.1. The van der Waals surface area contributed by atoms with Crippen molar-refractivity contribution in [2.24, 2.45) is 0 Å². The van der Waals surface area contributed by atoms with Crippen LogP contribution in [-0.2, 0) is 17.8 Å². The number of benzene rings is 2. The third-order valence-corrected chi connectivity index (χ3v) is 4.27. The summed E-state index contributed by atoms with van der Waals surface area (Å²) in [6.07, 6.45) is 0.101. The summed E-state index contributed by atoms with van der Waals surface area (Å²) in [4.78, 5) is 24.4. The van der Waals surface area contributed by atoms with Gasteiger partial charge in [0.05, 0.1) is 25.6 Å². The molecule has 0 saturated heterocycles. The predicted octanol–water partition coefficient (Wildman–Crippen LogP) is 3.47. The normalized spacial score (nSPS) is 10.3. The molecule has 0 aliphatic rings. The van der Waals surface area contributed by atoms with Crippen LogP contribution in [0.4, 0.5) is 5.69 Å². The number of non-ortho nitro benzene ring substituents is 1. The third kappa shape index (κ3) is 4.64. The van der Waals surface area contributed by atoms with Gasteiger partial charge in [-0.3, -0.25) is 14.9 Å². The average Bonchev–Trinajstić information content (AvgIpc) is 2.63. The number of carbonyl (C=O) groups excluding carboxylic acids is 1. The smallest absolute Gasteiger partial charge is 0.269 e. The fourth-order valence-electron chi connectivity index (χ4n) is 2.46. The summed E-state index contributed by atoms with van der Waals surface area (Å²) >= 11 is 6.10. The van der Waals surface area contributed by atoms with Gasteiger partial charge in [-0.2, -0.15) is 0 Å². The molecule has 0 radical (unpaired) electrons. The third-order valence-electron chi connectivity index (χ3n) is 3.90. The Morgan fingerprint density at radius 2 is 1.88 bits per heavy atom. The molecule has 2 aromatic rings. The van der Waals surface area contributed by atoms with E-state index in [0.717, 1.165) is 0 Å². The Balaban J connectivity index is 2.16. The van der Waals surface area contributed by atoms with Gasteiger partial charge in [0.15, 0.2) is 0 Å². The molecule has 0 fully saturated rings. The van der Waals surface area contributed by atoms with E-state index in [0.29, 0.717) is 27.6 Å². The molecule has 138 valence electrons. The maximum atomic E-state index is 12.6. The molecule has 2 aromatic carbocycles. The Morgan fingerprint density at radius 1 is 1.15 bits per heavy atom. The summed E-state index contributed by atoms with van der Waals surface area (Å²) in [5, 5.41) is 11.3. The van der Waals surface area contributed by atoms with Gasteiger partial charge in [0.25, 0.3) is 5.69 Å². The SMILES string of the molecule is COc1ccc(OC)c(CC(=O)N(C)Cc2cc([N+](=O)[O-])ccc2Cl)c1. The van der Waals surface area contributed by atoms with Crippen LogP contribution in [0, 0.1) is 10.1 Å². The number of likely N-dealkylation sites (N-methyl/N-ethyl adjacent to an activating group) is 1. The van der Waals surface area contributed by atoms with Gasteiger partial charge in [0.2, 0.25) is 5.91 Å². The number of carbonyl (C=O) groups is 1. The number of rotatable bonds is 7. The number of hydrogen-bond acceptors (Lipinski definition) is 5. The van der Waals surface area contributed by atoms with Gasteiger partial charge in [-0.1, -0.05) is 11.6 Å². The number of nitro groups is 1. The number of nitro benzene ring substituents is 1. The molecule has 2 rings (SSSR count). The molecule has 0 N–H and O–H groups in total. The zero-order chi connectivity index (χ0) is 19.3. The van der Waals surface area contributed by atoms with Crippen LogP contribution in [0.2, 0.25) is 5.02 Å². The lowest BCUT2D eigenvalue weighted by Crippen LogP contribution is -2.28. The summed E-state index contributed by atoms with van der Waals surface area (Å²) in [6.45, 7) is 0.158. The van der Waals surface area contributed by atoms with Crippen LogP contribution in [0.25, 0.3) is 0 Å². The van der Waals surface area contributed by atoms with E-state index >= 15 is 0 Å². The molecule has 0 heterocycles. The van der Waals surface area contributed by atoms with Crippen molar-refractivity contribution in [2.75, 3.05) is 21.3 Å². The molecule has 0 aliphatic carbocycles. The summed E-state index contributed by atoms with van der Waals surface area (Å²) < 4.78 is 10.5. The van der Waals surface area contributed by atoms with Crippen molar-refractivity contribution in [1.82, 2.24) is 4.90 Å². The Morgan fingerprint density at radius 3 is 2.50 bits per heavy atom. The quantitative estimate of drug-likeness (QED) is 0.544. The second kappa shape index (κ2) is 8.53. The molecule has 8 heteroatoms. The maximum Gasteiger partial charge on any atom is 0.269 e. The molecule has 0 aliphatic heterocycles. The zero-order valence-corrected chi connectivity index (χ0v) is 15.4. The molecule has 7 nitrogen and oxygen atoms in total. The van der Waals surface area contributed by atoms with Crippen molar-refractivity contribution in [2.45, 2.75) is 13.0 Å². The highest BCUT2D eigenvalue weighted by molar-refractivity contribution is 6.31. The number of hydrogen-bond donors (Lipinski definition) is 0. The first-order valence-corrected chi connectivity index (χ1v) is 8.11. The van der Waals surface area contributed by atoms with Gasteiger partial charge in [-0.25, -0.2) is 0 Å². The summed E-state index contributed by atoms with van der Waals surface area (Å²) in [5.41, 5.74) is 1.13. The van der Waals surface area contributed by atoms with E-state index in [9.17, 15) is 14.9 Å². The van der Waals surface area contributed by atoms with E-state index in [2.05, 4.69) is 0 Å². The Labute approximate surface area is 156 Å². The van der Waals surface area contributed by atoms with Gasteiger partial charge >= 0.3 is 0 Å². The minimum atomic E-state index is -0.497. The van der Waals surface area contributed by atoms with Crippen molar-refractivity contribution >= 4 is 23.2 Å². The van der Waals surface area contributed by atoms with Crippen LogP contribution < -0.4 is 9.47 Å². The highest BCUT2D eigenvalue weighted by Gasteiger charge is 2.17. The first kappa shape index (κ1) is 19.5. The Bertz CT molecular complexity index is 825. The largest absolute Gasteiger partial charge is 0.497 e. The molecule has 0 unspecified atom stereocenters. The molecule has 0 bridgehead atoms. The first-order valence-electron chi connectivity index (χ1n) is 7.73. The highest BCUT2D eigenvalue weighted by Crippen LogP contribution is 2.26. The van der Waals surface area contributed by atoms with Crippen LogP contribution in [0.5, 0.6) is 11.5 Å². The lowest BCUT2D eigenvalue weighted by Gasteiger charge is -2.19. The molecular formula is C18H19ClN2O5. The van der Waals surface area contributed by atoms with Crippen molar-refractivity contribution < 1.29 is 19.2 Å². The lowest BCUT2D eigenvalue weighted by molar-refractivity contribution is -0.384. The average molecular weight is 379 g/mol. The number of amides is 1. The van der Waals surface area contributed by atoms with E-state index in [4.69, 9.17) is 21.1 Å². The van der Waals surface area contributed by atoms with Crippen LogP contribution in [0.15, 0.2) is 36.4 Å². The minimum absolute atomic E-state index is 0.0697. The van der Waals surface area contributed by atoms with E-state index in [1.807, 2.05) is 0 Å². The molecule has 0 atom stereocenters. The monoisotopic (exact) mass is 378 g/mol. The molecular weight excluding hydrogens is 360 g/mol. The number of methoxy groups -OCH3 is 2. The van der Waals surface area contributed by atoms with Crippen molar-refractivity contribution in [3.05, 3.63) is 62.7 Å². The standard InChI is InChI=1S/C18H19ClN2O5/c1-20(11-13-8-14(21(23)24)4-6-16(13)19)18(22)10-12-9-15(25-2)5-7-17(12)26-3/h4-9H,10-11H2,1-3H3. The van der Waals surface area contributed by atoms with Crippen molar-refractivity contribution in [1.29, 1.82) is 0 Å².